The van der Waals surface area contributed by atoms with Gasteiger partial charge >= 0.3 is 0 Å². The van der Waals surface area contributed by atoms with E-state index in [4.69, 9.17) is 9.47 Å². The third kappa shape index (κ3) is 2.25. The first-order valence-corrected chi connectivity index (χ1v) is 4.26. The standard InChI is InChI=1S/C10H16O3/c1-10(7-11)5-8(12-2)4-9(6-10)13-3/h5-6,11H,4,7H2,1-3H3. The summed E-state index contributed by atoms with van der Waals surface area (Å²) < 4.78 is 10.3. The molecule has 1 N–H and O–H groups in total. The normalized spacial score (nSPS) is 20.3. The second-order valence-corrected chi connectivity index (χ2v) is 3.47. The van der Waals surface area contributed by atoms with Crippen molar-refractivity contribution in [1.29, 1.82) is 0 Å². The largest absolute Gasteiger partial charge is 0.501 e. The average Bonchev–Trinajstić information content (AvgIpc) is 2.17. The summed E-state index contributed by atoms with van der Waals surface area (Å²) in [5.74, 6) is 1.69. The van der Waals surface area contributed by atoms with Crippen LogP contribution in [0.2, 0.25) is 0 Å². The predicted molar refractivity (Wildman–Crippen MR) is 50.0 cm³/mol. The third-order valence-corrected chi connectivity index (χ3v) is 2.19. The summed E-state index contributed by atoms with van der Waals surface area (Å²) in [5.41, 5.74) is -0.352. The maximum absolute atomic E-state index is 9.18. The first-order valence-electron chi connectivity index (χ1n) is 4.26. The zero-order valence-corrected chi connectivity index (χ0v) is 8.33. The minimum absolute atomic E-state index is 0.0622. The van der Waals surface area contributed by atoms with Crippen molar-refractivity contribution >= 4 is 0 Å². The molecule has 0 aliphatic heterocycles. The van der Waals surface area contributed by atoms with E-state index >= 15 is 0 Å². The van der Waals surface area contributed by atoms with E-state index in [1.807, 2.05) is 19.1 Å². The molecule has 0 fully saturated rings. The molecule has 0 unspecified atom stereocenters. The second kappa shape index (κ2) is 3.83. The van der Waals surface area contributed by atoms with E-state index in [0.717, 1.165) is 11.5 Å². The van der Waals surface area contributed by atoms with E-state index in [2.05, 4.69) is 0 Å². The van der Waals surface area contributed by atoms with Gasteiger partial charge < -0.3 is 14.6 Å². The molecule has 0 aromatic heterocycles. The van der Waals surface area contributed by atoms with Gasteiger partial charge in [-0.1, -0.05) is 6.92 Å². The fourth-order valence-corrected chi connectivity index (χ4v) is 1.40. The Labute approximate surface area is 78.7 Å². The zero-order chi connectivity index (χ0) is 9.90. The Morgan fingerprint density at radius 2 is 1.77 bits per heavy atom. The molecule has 0 saturated heterocycles. The van der Waals surface area contributed by atoms with Crippen LogP contribution >= 0.6 is 0 Å². The summed E-state index contributed by atoms with van der Waals surface area (Å²) in [6.45, 7) is 2.00. The predicted octanol–water partition coefficient (Wildman–Crippen LogP) is 1.45. The van der Waals surface area contributed by atoms with Gasteiger partial charge in [-0.25, -0.2) is 0 Å². The minimum atomic E-state index is -0.352. The fraction of sp³-hybridized carbons (Fsp3) is 0.600. The molecule has 0 atom stereocenters. The van der Waals surface area contributed by atoms with Crippen molar-refractivity contribution in [1.82, 2.24) is 0 Å². The lowest BCUT2D eigenvalue weighted by atomic mass is 9.86. The molecule has 0 spiro atoms. The summed E-state index contributed by atoms with van der Waals surface area (Å²) in [4.78, 5) is 0. The molecule has 0 amide bonds. The van der Waals surface area contributed by atoms with Crippen LogP contribution in [0.25, 0.3) is 0 Å². The number of aliphatic hydroxyl groups excluding tert-OH is 1. The van der Waals surface area contributed by atoms with E-state index in [-0.39, 0.29) is 12.0 Å². The zero-order valence-electron chi connectivity index (χ0n) is 8.33. The SMILES string of the molecule is COC1=CC(C)(CO)C=C(OC)C1. The summed E-state index contributed by atoms with van der Waals surface area (Å²) in [7, 11) is 3.25. The molecule has 0 aromatic carbocycles. The van der Waals surface area contributed by atoms with Crippen molar-refractivity contribution in [2.45, 2.75) is 13.3 Å². The van der Waals surface area contributed by atoms with Gasteiger partial charge in [0.25, 0.3) is 0 Å². The topological polar surface area (TPSA) is 38.7 Å². The molecule has 1 rings (SSSR count). The molecule has 1 aliphatic carbocycles. The van der Waals surface area contributed by atoms with Gasteiger partial charge in [0.15, 0.2) is 0 Å². The fourth-order valence-electron chi connectivity index (χ4n) is 1.40. The van der Waals surface area contributed by atoms with Crippen LogP contribution in [0.4, 0.5) is 0 Å². The van der Waals surface area contributed by atoms with Crippen molar-refractivity contribution in [3.8, 4) is 0 Å². The lowest BCUT2D eigenvalue weighted by Crippen LogP contribution is -2.21. The van der Waals surface area contributed by atoms with Gasteiger partial charge in [-0.15, -0.1) is 0 Å². The van der Waals surface area contributed by atoms with Crippen LogP contribution in [0.5, 0.6) is 0 Å². The lowest BCUT2D eigenvalue weighted by molar-refractivity contribution is 0.182. The number of rotatable bonds is 3. The minimum Gasteiger partial charge on any atom is -0.501 e. The van der Waals surface area contributed by atoms with Crippen molar-refractivity contribution in [2.24, 2.45) is 5.41 Å². The molecule has 0 radical (unpaired) electrons. The highest BCUT2D eigenvalue weighted by atomic mass is 16.5. The quantitative estimate of drug-likeness (QED) is 0.721. The van der Waals surface area contributed by atoms with E-state index < -0.39 is 0 Å². The van der Waals surface area contributed by atoms with Crippen LogP contribution in [0.15, 0.2) is 23.7 Å². The monoisotopic (exact) mass is 184 g/mol. The maximum Gasteiger partial charge on any atom is 0.1000 e. The number of hydrogen-bond donors (Lipinski definition) is 1. The molecule has 74 valence electrons. The highest BCUT2D eigenvalue weighted by Crippen LogP contribution is 2.31. The van der Waals surface area contributed by atoms with Crippen LogP contribution in [-0.2, 0) is 9.47 Å². The number of hydrogen-bond acceptors (Lipinski definition) is 3. The lowest BCUT2D eigenvalue weighted by Gasteiger charge is -2.26. The van der Waals surface area contributed by atoms with Gasteiger partial charge in [0.2, 0.25) is 0 Å². The Bertz CT molecular complexity index is 221. The first-order chi connectivity index (χ1) is 6.13. The summed E-state index contributed by atoms with van der Waals surface area (Å²) >= 11 is 0. The third-order valence-electron chi connectivity index (χ3n) is 2.19. The van der Waals surface area contributed by atoms with Gasteiger partial charge in [-0.05, 0) is 12.2 Å². The van der Waals surface area contributed by atoms with Crippen LogP contribution in [0, 0.1) is 5.41 Å². The number of aliphatic hydroxyl groups is 1. The highest BCUT2D eigenvalue weighted by Gasteiger charge is 2.25. The van der Waals surface area contributed by atoms with Crippen LogP contribution < -0.4 is 0 Å². The van der Waals surface area contributed by atoms with Gasteiger partial charge in [0, 0.05) is 5.41 Å². The van der Waals surface area contributed by atoms with Crippen molar-refractivity contribution in [2.75, 3.05) is 20.8 Å². The van der Waals surface area contributed by atoms with Crippen LogP contribution in [-0.4, -0.2) is 25.9 Å². The van der Waals surface area contributed by atoms with E-state index in [0.29, 0.717) is 6.42 Å². The maximum atomic E-state index is 9.18. The van der Waals surface area contributed by atoms with E-state index in [9.17, 15) is 5.11 Å². The number of ether oxygens (including phenoxy) is 2. The van der Waals surface area contributed by atoms with Crippen LogP contribution in [0.1, 0.15) is 13.3 Å². The Kier molecular flexibility index (Phi) is 2.98. The summed E-state index contributed by atoms with van der Waals surface area (Å²) in [6, 6.07) is 0. The smallest absolute Gasteiger partial charge is 0.1000 e. The molecular formula is C10H16O3. The summed E-state index contributed by atoms with van der Waals surface area (Å²) in [5, 5.41) is 9.18. The van der Waals surface area contributed by atoms with E-state index in [1.54, 1.807) is 14.2 Å². The molecule has 3 heteroatoms. The Balaban J connectivity index is 2.88. The first kappa shape index (κ1) is 10.1. The highest BCUT2D eigenvalue weighted by molar-refractivity contribution is 5.23. The molecule has 0 aromatic rings. The van der Waals surface area contributed by atoms with Gasteiger partial charge in [-0.2, -0.15) is 0 Å². The Morgan fingerprint density at radius 3 is 2.08 bits per heavy atom. The molecule has 13 heavy (non-hydrogen) atoms. The molecule has 3 nitrogen and oxygen atoms in total. The van der Waals surface area contributed by atoms with Gasteiger partial charge in [-0.3, -0.25) is 0 Å². The van der Waals surface area contributed by atoms with Gasteiger partial charge in [0.1, 0.15) is 0 Å². The van der Waals surface area contributed by atoms with Crippen molar-refractivity contribution in [3.63, 3.8) is 0 Å². The van der Waals surface area contributed by atoms with Crippen LogP contribution in [0.3, 0.4) is 0 Å². The van der Waals surface area contributed by atoms with Crippen molar-refractivity contribution in [3.05, 3.63) is 23.7 Å². The Hall–Kier alpha value is -0.960. The molecule has 1 aliphatic rings. The molecule has 0 saturated carbocycles. The molecule has 0 bridgehead atoms. The number of methoxy groups -OCH3 is 2. The van der Waals surface area contributed by atoms with Gasteiger partial charge in [0.05, 0.1) is 38.8 Å². The molecule has 0 heterocycles. The van der Waals surface area contributed by atoms with E-state index in [1.165, 1.54) is 0 Å². The Morgan fingerprint density at radius 1 is 1.31 bits per heavy atom. The summed E-state index contributed by atoms with van der Waals surface area (Å²) in [6.07, 6.45) is 4.52. The average molecular weight is 184 g/mol. The second-order valence-electron chi connectivity index (χ2n) is 3.47. The van der Waals surface area contributed by atoms with Crippen molar-refractivity contribution < 1.29 is 14.6 Å². The molecular weight excluding hydrogens is 168 g/mol.